The van der Waals surface area contributed by atoms with E-state index in [0.29, 0.717) is 10.7 Å². The van der Waals surface area contributed by atoms with Crippen LogP contribution in [0.1, 0.15) is 0 Å². The minimum absolute atomic E-state index is 0.107. The highest BCUT2D eigenvalue weighted by Crippen LogP contribution is 2.24. The first kappa shape index (κ1) is 12.8. The molecule has 0 radical (unpaired) electrons. The summed E-state index contributed by atoms with van der Waals surface area (Å²) in [6.07, 6.45) is 6.84. The molecule has 106 valence electrons. The summed E-state index contributed by atoms with van der Waals surface area (Å²) < 4.78 is 1.61. The third-order valence-corrected chi connectivity index (χ3v) is 4.15. The van der Waals surface area contributed by atoms with Gasteiger partial charge in [0, 0.05) is 47.4 Å². The van der Waals surface area contributed by atoms with E-state index in [0.717, 1.165) is 16.8 Å². The molecule has 0 bridgehead atoms. The number of fused-ring (bicyclic) bond motifs is 1. The molecule has 6 heteroatoms. The Labute approximate surface area is 129 Å². The second-order valence-electron chi connectivity index (χ2n) is 4.70. The van der Waals surface area contributed by atoms with Crippen molar-refractivity contribution < 1.29 is 0 Å². The van der Waals surface area contributed by atoms with Crippen LogP contribution in [0.25, 0.3) is 27.5 Å². The summed E-state index contributed by atoms with van der Waals surface area (Å²) in [4.78, 5) is 25.9. The van der Waals surface area contributed by atoms with Crippen LogP contribution in [0, 0.1) is 0 Å². The van der Waals surface area contributed by atoms with Gasteiger partial charge in [-0.1, -0.05) is 0 Å². The first-order valence-corrected chi connectivity index (χ1v) is 7.53. The Morgan fingerprint density at radius 2 is 1.73 bits per heavy atom. The molecule has 22 heavy (non-hydrogen) atoms. The van der Waals surface area contributed by atoms with Gasteiger partial charge in [0.1, 0.15) is 0 Å². The maximum absolute atomic E-state index is 12.5. The predicted octanol–water partition coefficient (Wildman–Crippen LogP) is 2.88. The van der Waals surface area contributed by atoms with Gasteiger partial charge in [0.15, 0.2) is 4.96 Å². The molecule has 0 saturated carbocycles. The summed E-state index contributed by atoms with van der Waals surface area (Å²) in [5.74, 6) is 0. The van der Waals surface area contributed by atoms with Gasteiger partial charge in [-0.05, 0) is 24.3 Å². The fraction of sp³-hybridized carbons (Fsp3) is 0. The van der Waals surface area contributed by atoms with E-state index in [1.807, 2.05) is 29.6 Å². The van der Waals surface area contributed by atoms with Crippen LogP contribution in [0.3, 0.4) is 0 Å². The first-order chi connectivity index (χ1) is 10.8. The molecule has 4 aromatic heterocycles. The van der Waals surface area contributed by atoms with Crippen LogP contribution in [0.2, 0.25) is 0 Å². The van der Waals surface area contributed by atoms with E-state index in [2.05, 4.69) is 15.0 Å². The van der Waals surface area contributed by atoms with Crippen molar-refractivity contribution in [3.63, 3.8) is 0 Å². The molecular formula is C16H10N4OS. The van der Waals surface area contributed by atoms with Gasteiger partial charge < -0.3 is 0 Å². The second-order valence-corrected chi connectivity index (χ2v) is 5.54. The number of nitrogens with zero attached hydrogens (tertiary/aromatic N) is 4. The molecule has 0 aliphatic rings. The van der Waals surface area contributed by atoms with Gasteiger partial charge in [0.25, 0.3) is 5.56 Å². The minimum atomic E-state index is -0.107. The highest BCUT2D eigenvalue weighted by molar-refractivity contribution is 7.15. The molecule has 0 fully saturated rings. The van der Waals surface area contributed by atoms with Crippen molar-refractivity contribution >= 4 is 16.3 Å². The zero-order valence-corrected chi connectivity index (χ0v) is 12.2. The third kappa shape index (κ3) is 2.10. The molecule has 0 aliphatic carbocycles. The SMILES string of the molecule is O=c1cc(-c2cccnc2)nc2scc(-c3cccnc3)n12. The van der Waals surface area contributed by atoms with Crippen molar-refractivity contribution in [2.45, 2.75) is 0 Å². The number of rotatable bonds is 2. The van der Waals surface area contributed by atoms with E-state index in [-0.39, 0.29) is 5.56 Å². The average molecular weight is 306 g/mol. The molecule has 0 aliphatic heterocycles. The van der Waals surface area contributed by atoms with E-state index < -0.39 is 0 Å². The topological polar surface area (TPSA) is 60.2 Å². The molecule has 0 aromatic carbocycles. The lowest BCUT2D eigenvalue weighted by molar-refractivity contribution is 1.08. The van der Waals surface area contributed by atoms with E-state index >= 15 is 0 Å². The van der Waals surface area contributed by atoms with Crippen LogP contribution < -0.4 is 5.56 Å². The lowest BCUT2D eigenvalue weighted by Gasteiger charge is -2.03. The molecule has 5 nitrogen and oxygen atoms in total. The maximum Gasteiger partial charge on any atom is 0.259 e. The van der Waals surface area contributed by atoms with Crippen LogP contribution in [0.4, 0.5) is 0 Å². The Bertz CT molecular complexity index is 993. The van der Waals surface area contributed by atoms with E-state index in [1.165, 1.54) is 17.4 Å². The number of pyridine rings is 2. The molecule has 4 aromatic rings. The summed E-state index contributed by atoms with van der Waals surface area (Å²) in [5, 5.41) is 1.92. The number of aromatic nitrogens is 4. The molecule has 0 spiro atoms. The van der Waals surface area contributed by atoms with Crippen LogP contribution >= 0.6 is 11.3 Å². The van der Waals surface area contributed by atoms with Crippen molar-refractivity contribution in [3.05, 3.63) is 70.9 Å². The van der Waals surface area contributed by atoms with Gasteiger partial charge in [-0.3, -0.25) is 19.2 Å². The fourth-order valence-corrected chi connectivity index (χ4v) is 3.20. The Morgan fingerprint density at radius 3 is 2.41 bits per heavy atom. The highest BCUT2D eigenvalue weighted by Gasteiger charge is 2.11. The lowest BCUT2D eigenvalue weighted by atomic mass is 10.2. The largest absolute Gasteiger partial charge is 0.269 e. The fourth-order valence-electron chi connectivity index (χ4n) is 2.30. The molecule has 0 saturated heterocycles. The van der Waals surface area contributed by atoms with Crippen LogP contribution in [0.15, 0.2) is 65.3 Å². The molecule has 0 unspecified atom stereocenters. The highest BCUT2D eigenvalue weighted by atomic mass is 32.1. The Morgan fingerprint density at radius 1 is 1.00 bits per heavy atom. The number of hydrogen-bond acceptors (Lipinski definition) is 5. The van der Waals surface area contributed by atoms with Gasteiger partial charge in [-0.25, -0.2) is 4.98 Å². The van der Waals surface area contributed by atoms with Crippen LogP contribution in [-0.4, -0.2) is 19.4 Å². The normalized spacial score (nSPS) is 10.9. The van der Waals surface area contributed by atoms with Gasteiger partial charge in [0.05, 0.1) is 11.4 Å². The van der Waals surface area contributed by atoms with Crippen molar-refractivity contribution in [2.75, 3.05) is 0 Å². The van der Waals surface area contributed by atoms with Crippen molar-refractivity contribution in [1.82, 2.24) is 19.4 Å². The molecule has 0 N–H and O–H groups in total. The van der Waals surface area contributed by atoms with Crippen molar-refractivity contribution in [2.24, 2.45) is 0 Å². The summed E-state index contributed by atoms with van der Waals surface area (Å²) in [7, 11) is 0. The summed E-state index contributed by atoms with van der Waals surface area (Å²) >= 11 is 1.44. The monoisotopic (exact) mass is 306 g/mol. The van der Waals surface area contributed by atoms with Gasteiger partial charge in [0.2, 0.25) is 0 Å². The Balaban J connectivity index is 1.94. The first-order valence-electron chi connectivity index (χ1n) is 6.65. The molecule has 4 rings (SSSR count). The Hall–Kier alpha value is -2.86. The smallest absolute Gasteiger partial charge is 0.259 e. The number of hydrogen-bond donors (Lipinski definition) is 0. The van der Waals surface area contributed by atoms with Crippen molar-refractivity contribution in [1.29, 1.82) is 0 Å². The van der Waals surface area contributed by atoms with E-state index in [4.69, 9.17) is 0 Å². The minimum Gasteiger partial charge on any atom is -0.269 e. The average Bonchev–Trinajstić information content (AvgIpc) is 3.01. The molecular weight excluding hydrogens is 296 g/mol. The lowest BCUT2D eigenvalue weighted by Crippen LogP contribution is -2.13. The zero-order valence-electron chi connectivity index (χ0n) is 11.4. The standard InChI is InChI=1S/C16H10N4OS/c21-15-7-13(11-3-1-5-17-8-11)19-16-20(15)14(10-22-16)12-4-2-6-18-9-12/h1-10H. The van der Waals surface area contributed by atoms with Gasteiger partial charge in [-0.2, -0.15) is 0 Å². The van der Waals surface area contributed by atoms with E-state index in [1.54, 1.807) is 29.2 Å². The van der Waals surface area contributed by atoms with E-state index in [9.17, 15) is 4.79 Å². The second kappa shape index (κ2) is 5.16. The summed E-state index contributed by atoms with van der Waals surface area (Å²) in [6, 6.07) is 9.03. The summed E-state index contributed by atoms with van der Waals surface area (Å²) in [5.41, 5.74) is 3.06. The van der Waals surface area contributed by atoms with Crippen LogP contribution in [0.5, 0.6) is 0 Å². The molecule has 0 amide bonds. The molecule has 0 atom stereocenters. The van der Waals surface area contributed by atoms with Crippen molar-refractivity contribution in [3.8, 4) is 22.5 Å². The van der Waals surface area contributed by atoms with Gasteiger partial charge in [-0.15, -0.1) is 11.3 Å². The maximum atomic E-state index is 12.5. The van der Waals surface area contributed by atoms with Crippen LogP contribution in [-0.2, 0) is 0 Å². The molecule has 4 heterocycles. The summed E-state index contributed by atoms with van der Waals surface area (Å²) in [6.45, 7) is 0. The van der Waals surface area contributed by atoms with Gasteiger partial charge >= 0.3 is 0 Å². The third-order valence-electron chi connectivity index (χ3n) is 3.32. The number of thiazole rings is 1. The quantitative estimate of drug-likeness (QED) is 0.571. The Kier molecular flexibility index (Phi) is 3.01. The predicted molar refractivity (Wildman–Crippen MR) is 85.8 cm³/mol. The zero-order chi connectivity index (χ0) is 14.9.